The molecule has 3 rings (SSSR count). The minimum absolute atomic E-state index is 0.142. The molecule has 112 valence electrons. The van der Waals surface area contributed by atoms with Gasteiger partial charge in [-0.15, -0.1) is 0 Å². The summed E-state index contributed by atoms with van der Waals surface area (Å²) < 4.78 is 13.2. The van der Waals surface area contributed by atoms with E-state index in [1.54, 1.807) is 30.9 Å². The van der Waals surface area contributed by atoms with E-state index in [1.165, 1.54) is 12.1 Å². The molecule has 21 heavy (non-hydrogen) atoms. The highest BCUT2D eigenvalue weighted by atomic mass is 19.1. The maximum Gasteiger partial charge on any atom is 0.270 e. The van der Waals surface area contributed by atoms with Crippen molar-refractivity contribution in [2.45, 2.75) is 38.3 Å². The second kappa shape index (κ2) is 4.84. The quantitative estimate of drug-likeness (QED) is 0.893. The SMILES string of the molecule is CC(C)(O)C1CCCN1C(=O)c1cc2cc(F)ccc2[nH]1. The zero-order valence-electron chi connectivity index (χ0n) is 12.2. The maximum atomic E-state index is 13.2. The monoisotopic (exact) mass is 290 g/mol. The molecule has 1 saturated heterocycles. The summed E-state index contributed by atoms with van der Waals surface area (Å²) in [6.45, 7) is 4.09. The Balaban J connectivity index is 1.93. The zero-order chi connectivity index (χ0) is 15.2. The van der Waals surface area contributed by atoms with Gasteiger partial charge >= 0.3 is 0 Å². The highest BCUT2D eigenvalue weighted by Gasteiger charge is 2.39. The molecule has 5 heteroatoms. The summed E-state index contributed by atoms with van der Waals surface area (Å²) in [6.07, 6.45) is 1.68. The number of carbonyl (C=O) groups is 1. The molecule has 0 saturated carbocycles. The summed E-state index contributed by atoms with van der Waals surface area (Å²) in [5, 5.41) is 10.9. The van der Waals surface area contributed by atoms with Crippen molar-refractivity contribution in [3.05, 3.63) is 35.8 Å². The van der Waals surface area contributed by atoms with Crippen molar-refractivity contribution < 1.29 is 14.3 Å². The average molecular weight is 290 g/mol. The Morgan fingerprint density at radius 2 is 2.19 bits per heavy atom. The topological polar surface area (TPSA) is 56.3 Å². The summed E-state index contributed by atoms with van der Waals surface area (Å²) in [5.74, 6) is -0.465. The van der Waals surface area contributed by atoms with Gasteiger partial charge in [-0.1, -0.05) is 0 Å². The largest absolute Gasteiger partial charge is 0.388 e. The van der Waals surface area contributed by atoms with Gasteiger partial charge < -0.3 is 15.0 Å². The molecule has 0 bridgehead atoms. The first kappa shape index (κ1) is 14.1. The smallest absolute Gasteiger partial charge is 0.270 e. The molecule has 2 N–H and O–H groups in total. The Kier molecular flexibility index (Phi) is 3.24. The third kappa shape index (κ3) is 2.53. The molecule has 1 aromatic carbocycles. The molecular weight excluding hydrogens is 271 g/mol. The van der Waals surface area contributed by atoms with Crippen LogP contribution in [0.1, 0.15) is 37.2 Å². The van der Waals surface area contributed by atoms with Crippen LogP contribution >= 0.6 is 0 Å². The number of aliphatic hydroxyl groups is 1. The first-order valence-corrected chi connectivity index (χ1v) is 7.18. The molecule has 0 radical (unpaired) electrons. The number of hydrogen-bond donors (Lipinski definition) is 2. The Morgan fingerprint density at radius 1 is 1.43 bits per heavy atom. The van der Waals surface area contributed by atoms with Gasteiger partial charge in [-0.2, -0.15) is 0 Å². The molecule has 0 aliphatic carbocycles. The van der Waals surface area contributed by atoms with Crippen LogP contribution in [-0.2, 0) is 0 Å². The first-order chi connectivity index (χ1) is 9.86. The average Bonchev–Trinajstić information content (AvgIpc) is 3.02. The summed E-state index contributed by atoms with van der Waals surface area (Å²) in [6, 6.07) is 5.87. The highest BCUT2D eigenvalue weighted by molar-refractivity contribution is 5.98. The van der Waals surface area contributed by atoms with E-state index >= 15 is 0 Å². The van der Waals surface area contributed by atoms with Crippen LogP contribution in [0.3, 0.4) is 0 Å². The summed E-state index contributed by atoms with van der Waals surface area (Å²) in [4.78, 5) is 17.4. The summed E-state index contributed by atoms with van der Waals surface area (Å²) >= 11 is 0. The van der Waals surface area contributed by atoms with Gasteiger partial charge in [0.2, 0.25) is 0 Å². The second-order valence-electron chi connectivity index (χ2n) is 6.22. The predicted molar refractivity (Wildman–Crippen MR) is 78.6 cm³/mol. The van der Waals surface area contributed by atoms with E-state index in [0.717, 1.165) is 18.4 Å². The van der Waals surface area contributed by atoms with Crippen LogP contribution in [0.15, 0.2) is 24.3 Å². The minimum atomic E-state index is -0.926. The van der Waals surface area contributed by atoms with Crippen molar-refractivity contribution in [1.29, 1.82) is 0 Å². The zero-order valence-corrected chi connectivity index (χ0v) is 12.2. The normalized spacial score (nSPS) is 19.4. The fourth-order valence-electron chi connectivity index (χ4n) is 3.12. The van der Waals surface area contributed by atoms with Gasteiger partial charge in [0.05, 0.1) is 11.6 Å². The molecule has 1 fully saturated rings. The Labute approximate surface area is 122 Å². The standard InChI is InChI=1S/C16H19FN2O2/c1-16(2,21)14-4-3-7-19(14)15(20)13-9-10-8-11(17)5-6-12(10)18-13/h5-6,8-9,14,18,21H,3-4,7H2,1-2H3. The van der Waals surface area contributed by atoms with Crippen LogP contribution in [-0.4, -0.2) is 39.1 Å². The molecule has 1 amide bonds. The minimum Gasteiger partial charge on any atom is -0.388 e. The van der Waals surface area contributed by atoms with Crippen LogP contribution in [0.4, 0.5) is 4.39 Å². The van der Waals surface area contributed by atoms with E-state index in [-0.39, 0.29) is 17.8 Å². The number of benzene rings is 1. The molecule has 2 aromatic rings. The molecule has 1 aromatic heterocycles. The lowest BCUT2D eigenvalue weighted by Crippen LogP contribution is -2.48. The molecular formula is C16H19FN2O2. The number of hydrogen-bond acceptors (Lipinski definition) is 2. The van der Waals surface area contributed by atoms with Crippen molar-refractivity contribution in [2.24, 2.45) is 0 Å². The summed E-state index contributed by atoms with van der Waals surface area (Å²) in [7, 11) is 0. The number of rotatable bonds is 2. The molecule has 1 aliphatic heterocycles. The van der Waals surface area contributed by atoms with E-state index in [2.05, 4.69) is 4.98 Å². The maximum absolute atomic E-state index is 13.2. The third-order valence-electron chi connectivity index (χ3n) is 4.14. The van der Waals surface area contributed by atoms with Crippen LogP contribution in [0.25, 0.3) is 10.9 Å². The number of amides is 1. The van der Waals surface area contributed by atoms with E-state index in [1.807, 2.05) is 0 Å². The number of likely N-dealkylation sites (tertiary alicyclic amines) is 1. The van der Waals surface area contributed by atoms with Gasteiger partial charge in [-0.05, 0) is 51.0 Å². The van der Waals surface area contributed by atoms with Gasteiger partial charge in [0.25, 0.3) is 5.91 Å². The van der Waals surface area contributed by atoms with E-state index < -0.39 is 5.60 Å². The van der Waals surface area contributed by atoms with Gasteiger partial charge in [0.15, 0.2) is 0 Å². The predicted octanol–water partition coefficient (Wildman–Crippen LogP) is 2.68. The Morgan fingerprint density at radius 3 is 2.90 bits per heavy atom. The van der Waals surface area contributed by atoms with Crippen molar-refractivity contribution >= 4 is 16.8 Å². The van der Waals surface area contributed by atoms with Crippen molar-refractivity contribution in [1.82, 2.24) is 9.88 Å². The second-order valence-corrected chi connectivity index (χ2v) is 6.22. The van der Waals surface area contributed by atoms with Gasteiger partial charge in [0.1, 0.15) is 11.5 Å². The number of nitrogens with zero attached hydrogens (tertiary/aromatic N) is 1. The van der Waals surface area contributed by atoms with Crippen molar-refractivity contribution in [2.75, 3.05) is 6.54 Å². The fourth-order valence-corrected chi connectivity index (χ4v) is 3.12. The molecule has 1 unspecified atom stereocenters. The van der Waals surface area contributed by atoms with Gasteiger partial charge in [-0.25, -0.2) is 4.39 Å². The number of aromatic amines is 1. The number of aromatic nitrogens is 1. The molecule has 4 nitrogen and oxygen atoms in total. The molecule has 1 aliphatic rings. The van der Waals surface area contributed by atoms with Gasteiger partial charge in [-0.3, -0.25) is 4.79 Å². The number of fused-ring (bicyclic) bond motifs is 1. The fraction of sp³-hybridized carbons (Fsp3) is 0.438. The first-order valence-electron chi connectivity index (χ1n) is 7.18. The van der Waals surface area contributed by atoms with Crippen LogP contribution in [0.2, 0.25) is 0 Å². The number of halogens is 1. The van der Waals surface area contributed by atoms with E-state index in [9.17, 15) is 14.3 Å². The van der Waals surface area contributed by atoms with E-state index in [0.29, 0.717) is 17.6 Å². The molecule has 2 heterocycles. The lowest BCUT2D eigenvalue weighted by molar-refractivity contribution is 0.000157. The molecule has 0 spiro atoms. The highest BCUT2D eigenvalue weighted by Crippen LogP contribution is 2.28. The number of H-pyrrole nitrogens is 1. The van der Waals surface area contributed by atoms with Gasteiger partial charge in [0, 0.05) is 17.4 Å². The lowest BCUT2D eigenvalue weighted by atomic mass is 9.96. The number of nitrogens with one attached hydrogen (secondary N) is 1. The third-order valence-corrected chi connectivity index (χ3v) is 4.14. The molecule has 1 atom stereocenters. The van der Waals surface area contributed by atoms with E-state index in [4.69, 9.17) is 0 Å². The van der Waals surface area contributed by atoms with Crippen LogP contribution in [0.5, 0.6) is 0 Å². The van der Waals surface area contributed by atoms with Crippen LogP contribution in [0, 0.1) is 5.82 Å². The van der Waals surface area contributed by atoms with Crippen molar-refractivity contribution in [3.8, 4) is 0 Å². The number of carbonyl (C=O) groups excluding carboxylic acids is 1. The lowest BCUT2D eigenvalue weighted by Gasteiger charge is -2.33. The Bertz CT molecular complexity index is 687. The van der Waals surface area contributed by atoms with Crippen molar-refractivity contribution in [3.63, 3.8) is 0 Å². The Hall–Kier alpha value is -1.88. The van der Waals surface area contributed by atoms with Crippen LogP contribution < -0.4 is 0 Å². The summed E-state index contributed by atoms with van der Waals surface area (Å²) in [5.41, 5.74) is 0.245.